The van der Waals surface area contributed by atoms with Crippen LogP contribution in [0.4, 0.5) is 0 Å². The van der Waals surface area contributed by atoms with Gasteiger partial charge in [0.05, 0.1) is 18.7 Å². The molecule has 0 aromatic heterocycles. The van der Waals surface area contributed by atoms with E-state index >= 15 is 0 Å². The Morgan fingerprint density at radius 2 is 1.65 bits per heavy atom. The van der Waals surface area contributed by atoms with E-state index in [1.165, 1.54) is 14.2 Å². The molecule has 2 rings (SSSR count). The third-order valence-corrected chi connectivity index (χ3v) is 3.78. The monoisotopic (exact) mass is 311 g/mol. The molecule has 2 atom stereocenters. The lowest BCUT2D eigenvalue weighted by molar-refractivity contribution is -0.167. The van der Waals surface area contributed by atoms with Crippen molar-refractivity contribution in [2.45, 2.75) is 11.7 Å². The Labute approximate surface area is 134 Å². The fraction of sp³-hybridized carbons (Fsp3) is 0.222. The molecular formula is C18H17NO4. The van der Waals surface area contributed by atoms with Gasteiger partial charge in [-0.1, -0.05) is 42.5 Å². The molecule has 0 aliphatic carbocycles. The van der Waals surface area contributed by atoms with Crippen molar-refractivity contribution in [2.24, 2.45) is 0 Å². The summed E-state index contributed by atoms with van der Waals surface area (Å²) >= 11 is 0. The van der Waals surface area contributed by atoms with Crippen LogP contribution in [0, 0.1) is 11.3 Å². The van der Waals surface area contributed by atoms with Crippen LogP contribution in [0.2, 0.25) is 0 Å². The molecule has 2 aromatic rings. The van der Waals surface area contributed by atoms with Crippen molar-refractivity contribution in [3.05, 3.63) is 71.3 Å². The quantitative estimate of drug-likeness (QED) is 0.854. The van der Waals surface area contributed by atoms with Crippen LogP contribution >= 0.6 is 0 Å². The summed E-state index contributed by atoms with van der Waals surface area (Å²) < 4.78 is 10.3. The lowest BCUT2D eigenvalue weighted by Crippen LogP contribution is -2.47. The van der Waals surface area contributed by atoms with Crippen molar-refractivity contribution in [2.75, 3.05) is 14.2 Å². The van der Waals surface area contributed by atoms with Gasteiger partial charge in [0, 0.05) is 7.11 Å². The van der Waals surface area contributed by atoms with Gasteiger partial charge in [-0.05, 0) is 23.3 Å². The summed E-state index contributed by atoms with van der Waals surface area (Å²) in [5.41, 5.74) is 0.190. The molecule has 0 fully saturated rings. The summed E-state index contributed by atoms with van der Waals surface area (Å²) in [4.78, 5) is 12.0. The molecule has 2 aromatic carbocycles. The van der Waals surface area contributed by atoms with E-state index in [2.05, 4.69) is 4.74 Å². The maximum Gasteiger partial charge on any atom is 0.338 e. The number of nitrogens with zero attached hydrogens (tertiary/aromatic N) is 1. The summed E-state index contributed by atoms with van der Waals surface area (Å²) in [6, 6.07) is 17.5. The Hall–Kier alpha value is -2.68. The number of nitriles is 1. The first-order valence-electron chi connectivity index (χ1n) is 6.97. The molecule has 5 heteroatoms. The number of methoxy groups -OCH3 is 2. The molecule has 5 nitrogen and oxygen atoms in total. The highest BCUT2D eigenvalue weighted by Gasteiger charge is 2.46. The Balaban J connectivity index is 2.67. The second kappa shape index (κ2) is 7.05. The topological polar surface area (TPSA) is 79.6 Å². The van der Waals surface area contributed by atoms with Crippen LogP contribution in [-0.4, -0.2) is 31.4 Å². The molecule has 0 aliphatic rings. The van der Waals surface area contributed by atoms with Gasteiger partial charge in [0.15, 0.2) is 11.7 Å². The minimum Gasteiger partial charge on any atom is -0.467 e. The van der Waals surface area contributed by atoms with E-state index in [4.69, 9.17) is 10.00 Å². The lowest BCUT2D eigenvalue weighted by atomic mass is 9.81. The molecule has 0 aliphatic heterocycles. The number of hydrogen-bond acceptors (Lipinski definition) is 5. The van der Waals surface area contributed by atoms with Gasteiger partial charge in [0.1, 0.15) is 0 Å². The number of aliphatic hydroxyl groups excluding tert-OH is 1. The van der Waals surface area contributed by atoms with E-state index in [0.29, 0.717) is 16.7 Å². The fourth-order valence-corrected chi connectivity index (χ4v) is 2.59. The molecule has 0 amide bonds. The van der Waals surface area contributed by atoms with Gasteiger partial charge in [-0.2, -0.15) is 5.26 Å². The zero-order valence-electron chi connectivity index (χ0n) is 12.9. The van der Waals surface area contributed by atoms with Gasteiger partial charge < -0.3 is 14.6 Å². The van der Waals surface area contributed by atoms with Crippen LogP contribution in [0.15, 0.2) is 54.6 Å². The third-order valence-electron chi connectivity index (χ3n) is 3.78. The van der Waals surface area contributed by atoms with Gasteiger partial charge in [-0.3, -0.25) is 0 Å². The first-order valence-corrected chi connectivity index (χ1v) is 6.97. The maximum atomic E-state index is 12.0. The Bertz CT molecular complexity index is 706. The molecule has 0 saturated carbocycles. The molecule has 0 saturated heterocycles. The van der Waals surface area contributed by atoms with Crippen LogP contribution in [0.3, 0.4) is 0 Å². The average molecular weight is 311 g/mol. The molecule has 118 valence electrons. The minimum atomic E-state index is -1.56. The molecule has 1 N–H and O–H groups in total. The second-order valence-corrected chi connectivity index (χ2v) is 4.92. The molecular weight excluding hydrogens is 294 g/mol. The van der Waals surface area contributed by atoms with E-state index < -0.39 is 17.7 Å². The van der Waals surface area contributed by atoms with E-state index in [-0.39, 0.29) is 0 Å². The van der Waals surface area contributed by atoms with E-state index in [9.17, 15) is 9.90 Å². The Morgan fingerprint density at radius 3 is 2.13 bits per heavy atom. The average Bonchev–Trinajstić information content (AvgIpc) is 2.63. The van der Waals surface area contributed by atoms with E-state index in [1.807, 2.05) is 12.1 Å². The third kappa shape index (κ3) is 2.95. The van der Waals surface area contributed by atoms with Gasteiger partial charge in [-0.25, -0.2) is 4.79 Å². The zero-order valence-corrected chi connectivity index (χ0v) is 12.9. The number of aliphatic hydroxyl groups is 1. The van der Waals surface area contributed by atoms with Crippen LogP contribution in [0.1, 0.15) is 16.7 Å². The van der Waals surface area contributed by atoms with Crippen LogP contribution < -0.4 is 0 Å². The number of ether oxygens (including phenoxy) is 2. The number of rotatable bonds is 5. The van der Waals surface area contributed by atoms with Crippen LogP contribution in [0.5, 0.6) is 0 Å². The Kier molecular flexibility index (Phi) is 5.12. The first-order chi connectivity index (χ1) is 11.1. The molecule has 0 heterocycles. The second-order valence-electron chi connectivity index (χ2n) is 4.92. The SMILES string of the molecule is COC(=O)C(O)C(OC)(c1ccccc1)c1ccc(C#N)cc1. The number of esters is 1. The van der Waals surface area contributed by atoms with Crippen molar-refractivity contribution in [3.8, 4) is 6.07 Å². The molecule has 0 radical (unpaired) electrons. The lowest BCUT2D eigenvalue weighted by Gasteiger charge is -2.36. The number of hydrogen-bond donors (Lipinski definition) is 1. The van der Waals surface area contributed by atoms with Gasteiger partial charge >= 0.3 is 5.97 Å². The maximum absolute atomic E-state index is 12.0. The van der Waals surface area contributed by atoms with Crippen molar-refractivity contribution in [1.29, 1.82) is 5.26 Å². The summed E-state index contributed by atoms with van der Waals surface area (Å²) in [5, 5.41) is 19.5. The molecule has 0 spiro atoms. The van der Waals surface area contributed by atoms with Gasteiger partial charge in [-0.15, -0.1) is 0 Å². The largest absolute Gasteiger partial charge is 0.467 e. The highest BCUT2D eigenvalue weighted by Crippen LogP contribution is 2.37. The highest BCUT2D eigenvalue weighted by atomic mass is 16.6. The highest BCUT2D eigenvalue weighted by molar-refractivity contribution is 5.77. The number of benzene rings is 2. The van der Waals surface area contributed by atoms with Crippen molar-refractivity contribution < 1.29 is 19.4 Å². The minimum absolute atomic E-state index is 0.472. The first kappa shape index (κ1) is 16.7. The molecule has 23 heavy (non-hydrogen) atoms. The summed E-state index contributed by atoms with van der Waals surface area (Å²) in [7, 11) is 2.62. The van der Waals surface area contributed by atoms with Crippen LogP contribution in [0.25, 0.3) is 0 Å². The van der Waals surface area contributed by atoms with Gasteiger partial charge in [0.2, 0.25) is 0 Å². The predicted octanol–water partition coefficient (Wildman–Crippen LogP) is 1.98. The smallest absolute Gasteiger partial charge is 0.338 e. The van der Waals surface area contributed by atoms with E-state index in [0.717, 1.165) is 0 Å². The van der Waals surface area contributed by atoms with Gasteiger partial charge in [0.25, 0.3) is 0 Å². The summed E-state index contributed by atoms with van der Waals surface area (Å²) in [6.45, 7) is 0. The van der Waals surface area contributed by atoms with Crippen molar-refractivity contribution in [3.63, 3.8) is 0 Å². The Morgan fingerprint density at radius 1 is 1.09 bits per heavy atom. The summed E-state index contributed by atoms with van der Waals surface area (Å²) in [6.07, 6.45) is -1.56. The zero-order chi connectivity index (χ0) is 16.9. The van der Waals surface area contributed by atoms with Crippen molar-refractivity contribution in [1.82, 2.24) is 0 Å². The van der Waals surface area contributed by atoms with E-state index in [1.54, 1.807) is 48.5 Å². The standard InChI is InChI=1S/C18H17NO4/c1-22-17(21)16(20)18(23-2,14-6-4-3-5-7-14)15-10-8-13(12-19)9-11-15/h3-11,16,20H,1-2H3. The summed E-state index contributed by atoms with van der Waals surface area (Å²) in [5.74, 6) is -0.805. The molecule has 2 unspecified atom stereocenters. The molecule has 0 bridgehead atoms. The fourth-order valence-electron chi connectivity index (χ4n) is 2.59. The number of carbonyl (C=O) groups is 1. The predicted molar refractivity (Wildman–Crippen MR) is 83.4 cm³/mol. The normalized spacial score (nSPS) is 14.3. The van der Waals surface area contributed by atoms with Crippen molar-refractivity contribution >= 4 is 5.97 Å². The number of carbonyl (C=O) groups excluding carboxylic acids is 1. The van der Waals surface area contributed by atoms with Crippen LogP contribution in [-0.2, 0) is 19.9 Å².